The maximum atomic E-state index is 6.21. The van der Waals surface area contributed by atoms with E-state index in [-0.39, 0.29) is 0 Å². The van der Waals surface area contributed by atoms with Crippen LogP contribution in [0.5, 0.6) is 5.75 Å². The molecule has 0 fully saturated rings. The largest absolute Gasteiger partial charge is 0.496 e. The fourth-order valence-corrected chi connectivity index (χ4v) is 2.28. The second-order valence-corrected chi connectivity index (χ2v) is 4.92. The van der Waals surface area contributed by atoms with Gasteiger partial charge in [0.25, 0.3) is 0 Å². The Labute approximate surface area is 119 Å². The fraction of sp³-hybridized carbons (Fsp3) is 0.250. The molecule has 0 radical (unpaired) electrons. The third-order valence-corrected chi connectivity index (χ3v) is 3.38. The second kappa shape index (κ2) is 6.60. The minimum absolute atomic E-state index is 0.747. The average molecular weight is 276 g/mol. The molecule has 0 amide bonds. The van der Waals surface area contributed by atoms with Crippen molar-refractivity contribution in [3.8, 4) is 5.75 Å². The number of ether oxygens (including phenoxy) is 1. The van der Waals surface area contributed by atoms with Crippen LogP contribution < -0.4 is 10.1 Å². The fourth-order valence-electron chi connectivity index (χ4n) is 1.98. The van der Waals surface area contributed by atoms with Crippen molar-refractivity contribution in [1.29, 1.82) is 0 Å². The van der Waals surface area contributed by atoms with Gasteiger partial charge in [-0.25, -0.2) is 0 Å². The Morgan fingerprint density at radius 2 is 1.79 bits per heavy atom. The van der Waals surface area contributed by atoms with Gasteiger partial charge in [0, 0.05) is 23.7 Å². The summed E-state index contributed by atoms with van der Waals surface area (Å²) in [6.07, 6.45) is 0. The summed E-state index contributed by atoms with van der Waals surface area (Å²) in [6, 6.07) is 14.1. The van der Waals surface area contributed by atoms with Crippen LogP contribution in [0.4, 0.5) is 0 Å². The van der Waals surface area contributed by atoms with Crippen molar-refractivity contribution < 1.29 is 4.74 Å². The number of benzene rings is 2. The van der Waals surface area contributed by atoms with E-state index in [1.807, 2.05) is 31.2 Å². The summed E-state index contributed by atoms with van der Waals surface area (Å²) in [6.45, 7) is 3.54. The number of nitrogens with one attached hydrogen (secondary N) is 1. The number of para-hydroxylation sites is 1. The van der Waals surface area contributed by atoms with Crippen LogP contribution in [-0.4, -0.2) is 7.11 Å². The molecule has 3 heteroatoms. The molecule has 1 N–H and O–H groups in total. The lowest BCUT2D eigenvalue weighted by Gasteiger charge is -2.10. The van der Waals surface area contributed by atoms with Crippen LogP contribution in [0.15, 0.2) is 42.5 Å². The Hall–Kier alpha value is -1.51. The van der Waals surface area contributed by atoms with Crippen molar-refractivity contribution in [2.45, 2.75) is 20.0 Å². The van der Waals surface area contributed by atoms with E-state index in [1.165, 1.54) is 5.56 Å². The predicted octanol–water partition coefficient (Wildman–Crippen LogP) is 3.95. The van der Waals surface area contributed by atoms with E-state index in [2.05, 4.69) is 23.5 Å². The third kappa shape index (κ3) is 3.72. The van der Waals surface area contributed by atoms with Gasteiger partial charge < -0.3 is 10.1 Å². The minimum atomic E-state index is 0.747. The number of rotatable bonds is 5. The molecule has 0 unspecified atom stereocenters. The van der Waals surface area contributed by atoms with E-state index in [0.29, 0.717) is 0 Å². The molecule has 2 aromatic carbocycles. The van der Waals surface area contributed by atoms with E-state index in [1.54, 1.807) is 7.11 Å². The number of methoxy groups -OCH3 is 1. The molecule has 2 rings (SSSR count). The summed E-state index contributed by atoms with van der Waals surface area (Å²) < 4.78 is 5.32. The lowest BCUT2D eigenvalue weighted by molar-refractivity contribution is 0.407. The van der Waals surface area contributed by atoms with Crippen LogP contribution in [0.2, 0.25) is 5.02 Å². The van der Waals surface area contributed by atoms with E-state index >= 15 is 0 Å². The highest BCUT2D eigenvalue weighted by molar-refractivity contribution is 6.31. The van der Waals surface area contributed by atoms with Crippen molar-refractivity contribution in [3.63, 3.8) is 0 Å². The molecule has 0 spiro atoms. The zero-order chi connectivity index (χ0) is 13.7. The minimum Gasteiger partial charge on any atom is -0.496 e. The molecular weight excluding hydrogens is 258 g/mol. The zero-order valence-corrected chi connectivity index (χ0v) is 12.0. The van der Waals surface area contributed by atoms with Gasteiger partial charge in [-0.2, -0.15) is 0 Å². The summed E-state index contributed by atoms with van der Waals surface area (Å²) in [5.74, 6) is 0.907. The van der Waals surface area contributed by atoms with Crippen molar-refractivity contribution in [2.75, 3.05) is 7.11 Å². The summed E-state index contributed by atoms with van der Waals surface area (Å²) in [5, 5.41) is 4.20. The Morgan fingerprint density at radius 3 is 2.53 bits per heavy atom. The monoisotopic (exact) mass is 275 g/mol. The van der Waals surface area contributed by atoms with Gasteiger partial charge in [-0.3, -0.25) is 0 Å². The van der Waals surface area contributed by atoms with E-state index in [4.69, 9.17) is 16.3 Å². The van der Waals surface area contributed by atoms with E-state index in [0.717, 1.165) is 35.0 Å². The summed E-state index contributed by atoms with van der Waals surface area (Å²) >= 11 is 6.21. The third-order valence-electron chi connectivity index (χ3n) is 3.03. The molecule has 0 heterocycles. The number of hydrogen-bond donors (Lipinski definition) is 1. The number of hydrogen-bond acceptors (Lipinski definition) is 2. The maximum Gasteiger partial charge on any atom is 0.123 e. The van der Waals surface area contributed by atoms with Crippen molar-refractivity contribution in [2.24, 2.45) is 0 Å². The molecule has 2 nitrogen and oxygen atoms in total. The topological polar surface area (TPSA) is 21.3 Å². The standard InChI is InChI=1S/C16H18ClNO/c1-12-7-8-13(15(17)9-12)10-18-11-14-5-3-4-6-16(14)19-2/h3-9,18H,10-11H2,1-2H3. The predicted molar refractivity (Wildman–Crippen MR) is 79.7 cm³/mol. The number of aryl methyl sites for hydroxylation is 1. The first kappa shape index (κ1) is 13.9. The van der Waals surface area contributed by atoms with Gasteiger partial charge in [-0.15, -0.1) is 0 Å². The molecule has 0 aliphatic rings. The van der Waals surface area contributed by atoms with Gasteiger partial charge >= 0.3 is 0 Å². The summed E-state index contributed by atoms with van der Waals surface area (Å²) in [4.78, 5) is 0. The zero-order valence-electron chi connectivity index (χ0n) is 11.2. The molecule has 0 saturated heterocycles. The van der Waals surface area contributed by atoms with Gasteiger partial charge in [0.1, 0.15) is 5.75 Å². The first-order chi connectivity index (χ1) is 9.20. The number of halogens is 1. The van der Waals surface area contributed by atoms with Crippen molar-refractivity contribution in [1.82, 2.24) is 5.32 Å². The molecular formula is C16H18ClNO. The smallest absolute Gasteiger partial charge is 0.123 e. The van der Waals surface area contributed by atoms with Crippen LogP contribution in [0, 0.1) is 6.92 Å². The van der Waals surface area contributed by atoms with Gasteiger partial charge in [0.15, 0.2) is 0 Å². The summed E-state index contributed by atoms with van der Waals surface area (Å²) in [5.41, 5.74) is 3.44. The van der Waals surface area contributed by atoms with Gasteiger partial charge in [-0.05, 0) is 30.2 Å². The Balaban J connectivity index is 1.96. The van der Waals surface area contributed by atoms with E-state index in [9.17, 15) is 0 Å². The maximum absolute atomic E-state index is 6.21. The lowest BCUT2D eigenvalue weighted by Crippen LogP contribution is -2.13. The van der Waals surface area contributed by atoms with Crippen molar-refractivity contribution >= 4 is 11.6 Å². The normalized spacial score (nSPS) is 10.5. The Bertz CT molecular complexity index is 554. The lowest BCUT2D eigenvalue weighted by atomic mass is 10.1. The molecule has 0 bridgehead atoms. The molecule has 0 atom stereocenters. The van der Waals surface area contributed by atoms with Crippen LogP contribution in [-0.2, 0) is 13.1 Å². The van der Waals surface area contributed by atoms with Gasteiger partial charge in [0.2, 0.25) is 0 Å². The quantitative estimate of drug-likeness (QED) is 0.892. The molecule has 0 aliphatic carbocycles. The molecule has 2 aromatic rings. The van der Waals surface area contributed by atoms with Crippen LogP contribution in [0.3, 0.4) is 0 Å². The van der Waals surface area contributed by atoms with Crippen LogP contribution >= 0.6 is 11.6 Å². The molecule has 0 aliphatic heterocycles. The van der Waals surface area contributed by atoms with Gasteiger partial charge in [0.05, 0.1) is 7.11 Å². The SMILES string of the molecule is COc1ccccc1CNCc1ccc(C)cc1Cl. The highest BCUT2D eigenvalue weighted by Gasteiger charge is 2.03. The van der Waals surface area contributed by atoms with E-state index < -0.39 is 0 Å². The summed E-state index contributed by atoms with van der Waals surface area (Å²) in [7, 11) is 1.69. The highest BCUT2D eigenvalue weighted by Crippen LogP contribution is 2.19. The second-order valence-electron chi connectivity index (χ2n) is 4.51. The highest BCUT2D eigenvalue weighted by atomic mass is 35.5. The van der Waals surface area contributed by atoms with Crippen LogP contribution in [0.1, 0.15) is 16.7 Å². The molecule has 0 aromatic heterocycles. The Kier molecular flexibility index (Phi) is 4.83. The molecule has 19 heavy (non-hydrogen) atoms. The van der Waals surface area contributed by atoms with Crippen molar-refractivity contribution in [3.05, 3.63) is 64.2 Å². The average Bonchev–Trinajstić information content (AvgIpc) is 2.42. The van der Waals surface area contributed by atoms with Gasteiger partial charge in [-0.1, -0.05) is 41.9 Å². The van der Waals surface area contributed by atoms with Crippen LogP contribution in [0.25, 0.3) is 0 Å². The first-order valence-corrected chi connectivity index (χ1v) is 6.66. The Morgan fingerprint density at radius 1 is 1.05 bits per heavy atom. The first-order valence-electron chi connectivity index (χ1n) is 6.28. The molecule has 0 saturated carbocycles. The molecule has 100 valence electrons.